The van der Waals surface area contributed by atoms with Crippen molar-refractivity contribution < 1.29 is 14.7 Å². The number of aliphatic hydroxyl groups is 1. The van der Waals surface area contributed by atoms with Gasteiger partial charge in [0.15, 0.2) is 0 Å². The molecule has 0 aliphatic carbocycles. The highest BCUT2D eigenvalue weighted by Crippen LogP contribution is 2.09. The summed E-state index contributed by atoms with van der Waals surface area (Å²) in [7, 11) is 0. The quantitative estimate of drug-likeness (QED) is 0.708. The van der Waals surface area contributed by atoms with Crippen LogP contribution in [0.3, 0.4) is 0 Å². The van der Waals surface area contributed by atoms with Crippen LogP contribution in [0.15, 0.2) is 0 Å². The first-order valence-corrected chi connectivity index (χ1v) is 7.00. The Morgan fingerprint density at radius 1 is 1.05 bits per heavy atom. The number of hydrogen-bond acceptors (Lipinski definition) is 4. The van der Waals surface area contributed by atoms with E-state index in [1.807, 2.05) is 0 Å². The van der Waals surface area contributed by atoms with E-state index in [1.54, 1.807) is 9.80 Å². The molecule has 0 aromatic rings. The van der Waals surface area contributed by atoms with Gasteiger partial charge in [-0.1, -0.05) is 0 Å². The molecule has 0 spiro atoms. The van der Waals surface area contributed by atoms with Gasteiger partial charge in [0.25, 0.3) is 0 Å². The fraction of sp³-hybridized carbons (Fsp3) is 0.846. The van der Waals surface area contributed by atoms with Crippen LogP contribution in [0.2, 0.25) is 0 Å². The molecule has 6 heteroatoms. The van der Waals surface area contributed by atoms with Crippen LogP contribution in [0.25, 0.3) is 0 Å². The highest BCUT2D eigenvalue weighted by Gasteiger charge is 2.26. The molecule has 0 aromatic carbocycles. The first kappa shape index (κ1) is 14.3. The van der Waals surface area contributed by atoms with Crippen molar-refractivity contribution in [1.82, 2.24) is 14.7 Å². The number of carbonyl (C=O) groups excluding carboxylic acids is 2. The van der Waals surface area contributed by atoms with Gasteiger partial charge in [-0.15, -0.1) is 0 Å². The molecule has 0 radical (unpaired) electrons. The van der Waals surface area contributed by atoms with Gasteiger partial charge in [-0.2, -0.15) is 0 Å². The molecule has 2 rings (SSSR count). The molecule has 2 amide bonds. The number of carbonyl (C=O) groups is 2. The van der Waals surface area contributed by atoms with Crippen LogP contribution in [-0.4, -0.2) is 83.5 Å². The predicted molar refractivity (Wildman–Crippen MR) is 70.5 cm³/mol. The maximum atomic E-state index is 12.2. The average Bonchev–Trinajstić information content (AvgIpc) is 2.76. The van der Waals surface area contributed by atoms with Gasteiger partial charge in [-0.3, -0.25) is 14.5 Å². The number of nitrogens with zero attached hydrogens (tertiary/aromatic N) is 3. The second-order valence-corrected chi connectivity index (χ2v) is 5.44. The van der Waals surface area contributed by atoms with Gasteiger partial charge in [0.1, 0.15) is 0 Å². The van der Waals surface area contributed by atoms with Crippen LogP contribution in [0, 0.1) is 0 Å². The maximum absolute atomic E-state index is 12.2. The zero-order chi connectivity index (χ0) is 13.8. The minimum absolute atomic E-state index is 0.0482. The summed E-state index contributed by atoms with van der Waals surface area (Å²) in [6.45, 7) is 5.59. The van der Waals surface area contributed by atoms with E-state index in [4.69, 9.17) is 0 Å². The molecule has 2 saturated heterocycles. The number of likely N-dealkylation sites (tertiary alicyclic amines) is 1. The van der Waals surface area contributed by atoms with E-state index in [0.717, 1.165) is 25.9 Å². The Morgan fingerprint density at radius 3 is 2.26 bits per heavy atom. The van der Waals surface area contributed by atoms with Gasteiger partial charge in [0, 0.05) is 33.1 Å². The molecule has 1 unspecified atom stereocenters. The van der Waals surface area contributed by atoms with Gasteiger partial charge in [0.2, 0.25) is 11.8 Å². The molecule has 6 nitrogen and oxygen atoms in total. The number of amides is 2. The number of rotatable bonds is 2. The van der Waals surface area contributed by atoms with Gasteiger partial charge < -0.3 is 14.9 Å². The highest BCUT2D eigenvalue weighted by atomic mass is 16.3. The molecule has 0 bridgehead atoms. The Morgan fingerprint density at radius 2 is 1.63 bits per heavy atom. The lowest BCUT2D eigenvalue weighted by molar-refractivity contribution is -0.133. The lowest BCUT2D eigenvalue weighted by Gasteiger charge is -2.24. The topological polar surface area (TPSA) is 64.1 Å². The van der Waals surface area contributed by atoms with Crippen molar-refractivity contribution >= 4 is 11.8 Å². The fourth-order valence-electron chi connectivity index (χ4n) is 2.74. The maximum Gasteiger partial charge on any atom is 0.236 e. The van der Waals surface area contributed by atoms with Gasteiger partial charge in [-0.25, -0.2) is 0 Å². The zero-order valence-corrected chi connectivity index (χ0v) is 11.5. The lowest BCUT2D eigenvalue weighted by Crippen LogP contribution is -2.43. The Balaban J connectivity index is 1.88. The van der Waals surface area contributed by atoms with Crippen molar-refractivity contribution in [3.05, 3.63) is 0 Å². The van der Waals surface area contributed by atoms with E-state index in [1.165, 1.54) is 6.92 Å². The summed E-state index contributed by atoms with van der Waals surface area (Å²) in [6.07, 6.45) is 1.68. The van der Waals surface area contributed by atoms with Crippen LogP contribution in [0.5, 0.6) is 0 Å². The minimum atomic E-state index is -0.645. The summed E-state index contributed by atoms with van der Waals surface area (Å²) in [5, 5.41) is 9.89. The molecule has 1 atom stereocenters. The van der Waals surface area contributed by atoms with E-state index in [0.29, 0.717) is 32.7 Å². The third-order valence-corrected chi connectivity index (χ3v) is 3.86. The van der Waals surface area contributed by atoms with Crippen molar-refractivity contribution in [2.24, 2.45) is 0 Å². The third-order valence-electron chi connectivity index (χ3n) is 3.86. The van der Waals surface area contributed by atoms with Crippen LogP contribution in [0.4, 0.5) is 0 Å². The fourth-order valence-corrected chi connectivity index (χ4v) is 2.74. The van der Waals surface area contributed by atoms with Crippen molar-refractivity contribution in [2.45, 2.75) is 25.9 Å². The van der Waals surface area contributed by atoms with Crippen molar-refractivity contribution in [1.29, 1.82) is 0 Å². The summed E-state index contributed by atoms with van der Waals surface area (Å²) in [5.41, 5.74) is 0. The normalized spacial score (nSPS) is 25.5. The van der Waals surface area contributed by atoms with E-state index < -0.39 is 6.10 Å². The Labute approximate surface area is 114 Å². The van der Waals surface area contributed by atoms with Crippen LogP contribution in [-0.2, 0) is 9.59 Å². The van der Waals surface area contributed by atoms with Crippen molar-refractivity contribution in [2.75, 3.05) is 45.8 Å². The first-order valence-electron chi connectivity index (χ1n) is 7.00. The minimum Gasteiger partial charge on any atom is -0.389 e. The zero-order valence-electron chi connectivity index (χ0n) is 11.5. The SMILES string of the molecule is CC(=O)N1CCN(C(=O)CN2CCCC2)CC(O)C1. The molecule has 108 valence electrons. The molecule has 2 heterocycles. The van der Waals surface area contributed by atoms with Gasteiger partial charge in [-0.05, 0) is 25.9 Å². The van der Waals surface area contributed by atoms with Gasteiger partial charge in [0.05, 0.1) is 12.6 Å². The standard InChI is InChI=1S/C13H23N3O3/c1-11(17)15-6-7-16(9-12(18)8-15)13(19)10-14-4-2-3-5-14/h12,18H,2-10H2,1H3. The van der Waals surface area contributed by atoms with Crippen molar-refractivity contribution in [3.8, 4) is 0 Å². The number of β-amino-alcohol motifs (C(OH)–C–C–N with tert-alkyl or cyclic N) is 1. The Bertz CT molecular complexity index is 342. The third kappa shape index (κ3) is 3.91. The number of hydrogen-bond donors (Lipinski definition) is 1. The van der Waals surface area contributed by atoms with Crippen LogP contribution < -0.4 is 0 Å². The van der Waals surface area contributed by atoms with Crippen molar-refractivity contribution in [3.63, 3.8) is 0 Å². The first-order chi connectivity index (χ1) is 9.06. The molecular formula is C13H23N3O3. The van der Waals surface area contributed by atoms with Crippen LogP contribution >= 0.6 is 0 Å². The molecule has 0 saturated carbocycles. The lowest BCUT2D eigenvalue weighted by atomic mass is 10.3. The number of aliphatic hydroxyl groups excluding tert-OH is 1. The second kappa shape index (κ2) is 6.34. The summed E-state index contributed by atoms with van der Waals surface area (Å²) >= 11 is 0. The second-order valence-electron chi connectivity index (χ2n) is 5.44. The molecule has 2 fully saturated rings. The summed E-state index contributed by atoms with van der Waals surface area (Å²) in [5.74, 6) is 0.0132. The molecule has 0 aromatic heterocycles. The molecule has 2 aliphatic rings. The summed E-state index contributed by atoms with van der Waals surface area (Å²) in [6, 6.07) is 0. The van der Waals surface area contributed by atoms with E-state index >= 15 is 0 Å². The van der Waals surface area contributed by atoms with Crippen LogP contribution in [0.1, 0.15) is 19.8 Å². The smallest absolute Gasteiger partial charge is 0.236 e. The van der Waals surface area contributed by atoms with E-state index in [-0.39, 0.29) is 11.8 Å². The molecule has 19 heavy (non-hydrogen) atoms. The molecule has 1 N–H and O–H groups in total. The summed E-state index contributed by atoms with van der Waals surface area (Å²) in [4.78, 5) is 29.0. The van der Waals surface area contributed by atoms with E-state index in [2.05, 4.69) is 4.90 Å². The van der Waals surface area contributed by atoms with E-state index in [9.17, 15) is 14.7 Å². The summed E-state index contributed by atoms with van der Waals surface area (Å²) < 4.78 is 0. The Hall–Kier alpha value is -1.14. The monoisotopic (exact) mass is 269 g/mol. The molecular weight excluding hydrogens is 246 g/mol. The Kier molecular flexibility index (Phi) is 4.76. The highest BCUT2D eigenvalue weighted by molar-refractivity contribution is 5.78. The average molecular weight is 269 g/mol. The largest absolute Gasteiger partial charge is 0.389 e. The van der Waals surface area contributed by atoms with Gasteiger partial charge >= 0.3 is 0 Å². The molecule has 2 aliphatic heterocycles. The predicted octanol–water partition coefficient (Wildman–Crippen LogP) is -0.866.